The highest BCUT2D eigenvalue weighted by atomic mass is 35.5. The lowest BCUT2D eigenvalue weighted by Gasteiger charge is -2.27. The lowest BCUT2D eigenvalue weighted by atomic mass is 10.00. The largest absolute Gasteiger partial charge is 0.381 e. The maximum Gasteiger partial charge on any atom is 0.267 e. The van der Waals surface area contributed by atoms with Crippen LogP contribution in [0, 0.1) is 17.8 Å². The highest BCUT2D eigenvalue weighted by molar-refractivity contribution is 6.30. The van der Waals surface area contributed by atoms with E-state index in [-0.39, 0.29) is 16.8 Å². The van der Waals surface area contributed by atoms with Crippen LogP contribution in [0.5, 0.6) is 0 Å². The fourth-order valence-corrected chi connectivity index (χ4v) is 4.96. The fraction of sp³-hybridized carbons (Fsp3) is 0.778. The van der Waals surface area contributed by atoms with Gasteiger partial charge in [-0.25, -0.2) is 8.78 Å². The number of rotatable bonds is 5. The molecule has 144 valence electrons. The number of hydrogen-bond donors (Lipinski definition) is 1. The van der Waals surface area contributed by atoms with Gasteiger partial charge in [-0.15, -0.1) is 10.2 Å². The number of anilines is 1. The second kappa shape index (κ2) is 7.90. The summed E-state index contributed by atoms with van der Waals surface area (Å²) in [7, 11) is 0. The van der Waals surface area contributed by atoms with Crippen molar-refractivity contribution in [1.29, 1.82) is 0 Å². The first-order chi connectivity index (χ1) is 12.6. The Morgan fingerprint density at radius 1 is 1.19 bits per heavy atom. The number of hydrogen-bond acceptors (Lipinski definition) is 5. The van der Waals surface area contributed by atoms with Gasteiger partial charge in [0.25, 0.3) is 6.43 Å². The van der Waals surface area contributed by atoms with E-state index in [2.05, 4.69) is 20.4 Å². The Balaban J connectivity index is 1.29. The molecule has 1 N–H and O–H groups in total. The molecule has 1 aromatic heterocycles. The van der Waals surface area contributed by atoms with Crippen molar-refractivity contribution in [3.63, 3.8) is 0 Å². The van der Waals surface area contributed by atoms with E-state index in [0.29, 0.717) is 17.7 Å². The molecule has 2 atom stereocenters. The van der Waals surface area contributed by atoms with Crippen molar-refractivity contribution in [3.05, 3.63) is 16.8 Å². The third kappa shape index (κ3) is 4.10. The molecule has 8 heteroatoms. The molecule has 5 nitrogen and oxygen atoms in total. The van der Waals surface area contributed by atoms with Crippen LogP contribution in [0.25, 0.3) is 0 Å². The Morgan fingerprint density at radius 2 is 1.88 bits per heavy atom. The second-order valence-electron chi connectivity index (χ2n) is 7.88. The normalized spacial score (nSPS) is 28.0. The fourth-order valence-electron chi connectivity index (χ4n) is 4.78. The Morgan fingerprint density at radius 3 is 2.54 bits per heavy atom. The number of ether oxygens (including phenoxy) is 1. The first-order valence-corrected chi connectivity index (χ1v) is 9.84. The van der Waals surface area contributed by atoms with Crippen molar-refractivity contribution >= 4 is 17.4 Å². The Kier molecular flexibility index (Phi) is 5.57. The van der Waals surface area contributed by atoms with Crippen molar-refractivity contribution in [2.24, 2.45) is 17.8 Å². The molecule has 0 radical (unpaired) electrons. The third-order valence-electron chi connectivity index (χ3n) is 6.05. The third-order valence-corrected chi connectivity index (χ3v) is 6.34. The maximum atomic E-state index is 13.0. The Hall–Kier alpha value is -1.05. The standard InChI is InChI=1S/C18H25ClF2N4O/c19-17-15(18(20)21)7-16(23-24-17)22-14-5-12-9-25(10-13(12)6-14)8-11-1-3-26-4-2-11/h7,11-14,18H,1-6,8-10H2,(H,22,23)/t12-,13-/m1/s1. The SMILES string of the molecule is FC(F)c1cc(NC2C[C@@H]3CN(CC4CCOCC4)C[C@H]3C2)nnc1Cl. The zero-order chi connectivity index (χ0) is 18.1. The van der Waals surface area contributed by atoms with Crippen molar-refractivity contribution in [1.82, 2.24) is 15.1 Å². The van der Waals surface area contributed by atoms with E-state index in [4.69, 9.17) is 16.3 Å². The van der Waals surface area contributed by atoms with Gasteiger partial charge in [0, 0.05) is 38.9 Å². The Bertz CT molecular complexity index is 615. The molecule has 0 unspecified atom stereocenters. The molecule has 0 amide bonds. The van der Waals surface area contributed by atoms with Crippen LogP contribution in [-0.4, -0.2) is 54.0 Å². The molecule has 0 bridgehead atoms. The van der Waals surface area contributed by atoms with Crippen LogP contribution >= 0.6 is 11.6 Å². The molecule has 3 aliphatic rings. The first kappa shape index (κ1) is 18.3. The molecule has 1 aromatic rings. The molecule has 1 saturated carbocycles. The average Bonchev–Trinajstić information content (AvgIpc) is 3.15. The highest BCUT2D eigenvalue weighted by Gasteiger charge is 2.41. The van der Waals surface area contributed by atoms with Gasteiger partial charge in [-0.05, 0) is 49.5 Å². The summed E-state index contributed by atoms with van der Waals surface area (Å²) >= 11 is 5.69. The molecule has 4 rings (SSSR count). The molecular weight excluding hydrogens is 362 g/mol. The van der Waals surface area contributed by atoms with Crippen LogP contribution in [-0.2, 0) is 4.74 Å². The minimum absolute atomic E-state index is 0.224. The van der Waals surface area contributed by atoms with E-state index in [1.807, 2.05) is 0 Å². The summed E-state index contributed by atoms with van der Waals surface area (Å²) in [6.45, 7) is 5.29. The minimum Gasteiger partial charge on any atom is -0.381 e. The van der Waals surface area contributed by atoms with Gasteiger partial charge in [-0.3, -0.25) is 0 Å². The van der Waals surface area contributed by atoms with Crippen LogP contribution in [0.4, 0.5) is 14.6 Å². The van der Waals surface area contributed by atoms with Crippen LogP contribution in [0.15, 0.2) is 6.07 Å². The topological polar surface area (TPSA) is 50.3 Å². The summed E-state index contributed by atoms with van der Waals surface area (Å²) in [5.41, 5.74) is -0.259. The summed E-state index contributed by atoms with van der Waals surface area (Å²) in [6, 6.07) is 1.60. The van der Waals surface area contributed by atoms with Gasteiger partial charge in [-0.1, -0.05) is 11.6 Å². The van der Waals surface area contributed by atoms with E-state index in [9.17, 15) is 8.78 Å². The summed E-state index contributed by atoms with van der Waals surface area (Å²) in [5, 5.41) is 10.6. The monoisotopic (exact) mass is 386 g/mol. The summed E-state index contributed by atoms with van der Waals surface area (Å²) in [4.78, 5) is 2.61. The number of alkyl halides is 2. The number of halogens is 3. The number of aromatic nitrogens is 2. The molecule has 0 spiro atoms. The summed E-state index contributed by atoms with van der Waals surface area (Å²) in [5.74, 6) is 2.53. The van der Waals surface area contributed by atoms with Crippen molar-refractivity contribution < 1.29 is 13.5 Å². The van der Waals surface area contributed by atoms with Crippen LogP contribution in [0.1, 0.15) is 37.7 Å². The lowest BCUT2D eigenvalue weighted by Crippen LogP contribution is -2.32. The van der Waals surface area contributed by atoms with Crippen LogP contribution in [0.2, 0.25) is 5.15 Å². The zero-order valence-corrected chi connectivity index (χ0v) is 15.5. The van der Waals surface area contributed by atoms with Gasteiger partial charge >= 0.3 is 0 Å². The summed E-state index contributed by atoms with van der Waals surface area (Å²) in [6.07, 6.45) is 1.84. The van der Waals surface area contributed by atoms with Gasteiger partial charge in [-0.2, -0.15) is 0 Å². The lowest BCUT2D eigenvalue weighted by molar-refractivity contribution is 0.0545. The molecule has 2 aliphatic heterocycles. The minimum atomic E-state index is -2.64. The van der Waals surface area contributed by atoms with Gasteiger partial charge in [0.05, 0.1) is 5.56 Å². The van der Waals surface area contributed by atoms with E-state index in [1.54, 1.807) is 0 Å². The first-order valence-electron chi connectivity index (χ1n) is 9.46. The van der Waals surface area contributed by atoms with Gasteiger partial charge in [0.2, 0.25) is 0 Å². The van der Waals surface area contributed by atoms with E-state index in [1.165, 1.54) is 25.5 Å². The van der Waals surface area contributed by atoms with Crippen molar-refractivity contribution in [2.75, 3.05) is 38.2 Å². The summed E-state index contributed by atoms with van der Waals surface area (Å²) < 4.78 is 31.3. The molecule has 3 fully saturated rings. The number of likely N-dealkylation sites (tertiary alicyclic amines) is 1. The molecule has 2 saturated heterocycles. The molecule has 0 aromatic carbocycles. The second-order valence-corrected chi connectivity index (χ2v) is 8.24. The van der Waals surface area contributed by atoms with Crippen LogP contribution < -0.4 is 5.32 Å². The number of fused-ring (bicyclic) bond motifs is 1. The maximum absolute atomic E-state index is 13.0. The predicted molar refractivity (Wildman–Crippen MR) is 95.6 cm³/mol. The van der Waals surface area contributed by atoms with Gasteiger partial charge in [0.15, 0.2) is 5.15 Å². The number of nitrogens with one attached hydrogen (secondary N) is 1. The van der Waals surface area contributed by atoms with Gasteiger partial charge in [0.1, 0.15) is 5.82 Å². The highest BCUT2D eigenvalue weighted by Crippen LogP contribution is 2.40. The van der Waals surface area contributed by atoms with Gasteiger partial charge < -0.3 is 15.0 Å². The smallest absolute Gasteiger partial charge is 0.267 e. The van der Waals surface area contributed by atoms with Crippen LogP contribution in [0.3, 0.4) is 0 Å². The molecular formula is C18H25ClF2N4O. The Labute approximate surface area is 157 Å². The van der Waals surface area contributed by atoms with E-state index < -0.39 is 6.43 Å². The quantitative estimate of drug-likeness (QED) is 0.837. The van der Waals surface area contributed by atoms with E-state index >= 15 is 0 Å². The average molecular weight is 387 g/mol. The molecule has 3 heterocycles. The number of nitrogens with zero attached hydrogens (tertiary/aromatic N) is 3. The van der Waals surface area contributed by atoms with E-state index in [0.717, 1.165) is 45.1 Å². The zero-order valence-electron chi connectivity index (χ0n) is 14.7. The van der Waals surface area contributed by atoms with Crippen molar-refractivity contribution in [2.45, 2.75) is 38.2 Å². The molecule has 26 heavy (non-hydrogen) atoms. The van der Waals surface area contributed by atoms with Crippen molar-refractivity contribution in [3.8, 4) is 0 Å². The predicted octanol–water partition coefficient (Wildman–Crippen LogP) is 3.62. The molecule has 1 aliphatic carbocycles.